The number of fused-ring (bicyclic) bond motifs is 8. The number of aromatic nitrogens is 8. The van der Waals surface area contributed by atoms with Crippen LogP contribution in [0.1, 0.15) is 132 Å². The average molecular weight is 1190 g/mol. The van der Waals surface area contributed by atoms with Crippen molar-refractivity contribution in [1.29, 1.82) is 0 Å². The number of carbonyl (C=O) groups is 4. The van der Waals surface area contributed by atoms with Crippen molar-refractivity contribution in [2.45, 2.75) is 151 Å². The van der Waals surface area contributed by atoms with E-state index in [1.165, 1.54) is 0 Å². The molecule has 0 unspecified atom stereocenters. The van der Waals surface area contributed by atoms with Gasteiger partial charge in [0.1, 0.15) is 26.4 Å². The number of pyridine rings is 4. The maximum absolute atomic E-state index is 14.0. The highest BCUT2D eigenvalue weighted by Crippen LogP contribution is 2.34. The molecule has 0 aromatic carbocycles. The van der Waals surface area contributed by atoms with Gasteiger partial charge in [-0.2, -0.15) is 0 Å². The second-order valence-electron chi connectivity index (χ2n) is 22.7. The molecule has 458 valence electrons. The van der Waals surface area contributed by atoms with Crippen LogP contribution in [0, 0.1) is 27.7 Å². The van der Waals surface area contributed by atoms with E-state index in [-0.39, 0.29) is 76.0 Å². The largest absolute Gasteiger partial charge is 0.461 e. The number of rotatable bonds is 27. The molecule has 8 aromatic heterocycles. The van der Waals surface area contributed by atoms with E-state index in [4.69, 9.17) is 41.9 Å². The Morgan fingerprint density at radius 1 is 0.356 bits per heavy atom. The highest BCUT2D eigenvalue weighted by molar-refractivity contribution is 5.74. The van der Waals surface area contributed by atoms with Gasteiger partial charge >= 0.3 is 23.9 Å². The molecule has 0 aliphatic carbocycles. The molecule has 0 radical (unpaired) electrons. The standard InChI is InChI=1S/C67H86N12O8/c1-44-53(6-9-65(81)85-41-49-13-25-77(26-14-49)32-20-69)61-39-62-54(7-10-66(82)86-42-50-15-27-78(28-16-50)33-21-70)46(3)58(74-62)37-60-52(5-8-64(80)84-40-48-11-23-76(24-12-48)31-19-68)45(2)59(73-60)38-63-55(47(4)57(75-63)36-56(44)72-61)35-67(83)87-43-51-17-29-79(30-18-51)34-22-71/h11-18,23-30,72-75H,5-10,19-22,31-43,68-71H2,1-4H3/q+4. The first-order valence-corrected chi connectivity index (χ1v) is 30.3. The zero-order chi connectivity index (χ0) is 61.4. The van der Waals surface area contributed by atoms with Crippen LogP contribution in [-0.4, -0.2) is 70.0 Å². The normalized spacial score (nSPS) is 12.1. The fourth-order valence-electron chi connectivity index (χ4n) is 11.6. The highest BCUT2D eigenvalue weighted by Gasteiger charge is 2.27. The van der Waals surface area contributed by atoms with Gasteiger partial charge in [0, 0.05) is 161 Å². The Hall–Kier alpha value is -8.56. The number of H-pyrrole nitrogens is 4. The number of ether oxygens (including phenoxy) is 4. The van der Waals surface area contributed by atoms with Gasteiger partial charge in [-0.15, -0.1) is 0 Å². The van der Waals surface area contributed by atoms with E-state index in [1.54, 1.807) is 0 Å². The minimum atomic E-state index is -0.354. The van der Waals surface area contributed by atoms with Crippen molar-refractivity contribution in [2.24, 2.45) is 22.9 Å². The zero-order valence-electron chi connectivity index (χ0n) is 50.9. The molecule has 0 fully saturated rings. The highest BCUT2D eigenvalue weighted by atomic mass is 16.5. The average Bonchev–Trinajstić information content (AvgIpc) is 1.88. The van der Waals surface area contributed by atoms with Crippen molar-refractivity contribution in [1.82, 2.24) is 19.9 Å². The number of hydrogen-bond acceptors (Lipinski definition) is 12. The van der Waals surface area contributed by atoms with Gasteiger partial charge in [0.15, 0.2) is 75.8 Å². The number of carbonyl (C=O) groups excluding carboxylic acids is 4. The van der Waals surface area contributed by atoms with Crippen LogP contribution in [0.4, 0.5) is 0 Å². The van der Waals surface area contributed by atoms with Crippen LogP contribution >= 0.6 is 0 Å². The van der Waals surface area contributed by atoms with Crippen molar-refractivity contribution in [3.63, 3.8) is 0 Å². The van der Waals surface area contributed by atoms with E-state index in [9.17, 15) is 19.2 Å². The molecule has 0 saturated heterocycles. The van der Waals surface area contributed by atoms with Crippen molar-refractivity contribution in [3.05, 3.63) is 210 Å². The van der Waals surface area contributed by atoms with Crippen molar-refractivity contribution in [2.75, 3.05) is 26.2 Å². The Morgan fingerprint density at radius 3 is 0.862 bits per heavy atom. The molecule has 0 amide bonds. The molecule has 20 heteroatoms. The molecule has 1 aliphatic rings. The number of nitrogens with zero attached hydrogens (tertiary/aromatic N) is 4. The lowest BCUT2D eigenvalue weighted by Crippen LogP contribution is -2.36. The number of aromatic amines is 4. The van der Waals surface area contributed by atoms with E-state index >= 15 is 0 Å². The van der Waals surface area contributed by atoms with Crippen LogP contribution in [0.5, 0.6) is 0 Å². The van der Waals surface area contributed by atoms with Gasteiger partial charge in [-0.25, -0.2) is 18.3 Å². The molecular weight excluding hydrogens is 1100 g/mol. The van der Waals surface area contributed by atoms with Gasteiger partial charge in [-0.1, -0.05) is 0 Å². The molecule has 8 aromatic rings. The van der Waals surface area contributed by atoms with E-state index in [2.05, 4.69) is 47.6 Å². The molecule has 12 N–H and O–H groups in total. The first-order chi connectivity index (χ1) is 42.2. The quantitative estimate of drug-likeness (QED) is 0.0204. The Bertz CT molecular complexity index is 3630. The van der Waals surface area contributed by atoms with Gasteiger partial charge in [-0.05, 0) is 91.5 Å². The molecule has 20 nitrogen and oxygen atoms in total. The molecule has 1 aliphatic heterocycles. The molecule has 9 heterocycles. The topological polar surface area (TPSA) is 288 Å². The van der Waals surface area contributed by atoms with Gasteiger partial charge < -0.3 is 61.8 Å². The van der Waals surface area contributed by atoms with Crippen molar-refractivity contribution >= 4 is 23.9 Å². The minimum absolute atomic E-state index is 0.0401. The summed E-state index contributed by atoms with van der Waals surface area (Å²) in [6.45, 7) is 13.7. The summed E-state index contributed by atoms with van der Waals surface area (Å²) in [5, 5.41) is 0. The maximum Gasteiger partial charge on any atom is 0.310 e. The molecule has 9 rings (SSSR count). The van der Waals surface area contributed by atoms with Gasteiger partial charge in [0.25, 0.3) is 0 Å². The lowest BCUT2D eigenvalue weighted by molar-refractivity contribution is -0.694. The minimum Gasteiger partial charge on any atom is -0.461 e. The fraction of sp³-hybridized carbons (Fsp3) is 0.403. The predicted octanol–water partition coefficient (Wildman–Crippen LogP) is 4.21. The number of esters is 4. The van der Waals surface area contributed by atoms with Crippen LogP contribution in [0.15, 0.2) is 98.1 Å². The Morgan fingerprint density at radius 2 is 0.586 bits per heavy atom. The SMILES string of the molecule is Cc1c2[nH]c(c1CCC(=O)OCc1cc[n+](CCN)cc1)Cc1[nH]c(c(CCC(=O)OCc3cc[n+](CCN)cc3)c1C)Cc1[nH]c(c(C)c1CCC(=O)OCc1cc[n+](CCN)cc1)Cc1[nH]c(c(CC(=O)OCc3cc[n+](CCN)cc3)c1C)C2. The molecule has 0 atom stereocenters. The molecule has 0 spiro atoms. The monoisotopic (exact) mass is 1190 g/mol. The summed E-state index contributed by atoms with van der Waals surface area (Å²) in [5.74, 6) is -1.30. The van der Waals surface area contributed by atoms with Crippen LogP contribution in [0.3, 0.4) is 0 Å². The summed E-state index contributed by atoms with van der Waals surface area (Å²) in [7, 11) is 0. The number of nitrogens with two attached hydrogens (primary N) is 4. The van der Waals surface area contributed by atoms with Gasteiger partial charge in [-0.3, -0.25) is 19.2 Å². The third kappa shape index (κ3) is 16.7. The smallest absolute Gasteiger partial charge is 0.310 e. The van der Waals surface area contributed by atoms with E-state index in [1.807, 2.05) is 116 Å². The summed E-state index contributed by atoms with van der Waals surface area (Å²) >= 11 is 0. The third-order valence-corrected chi connectivity index (χ3v) is 16.7. The fourth-order valence-corrected chi connectivity index (χ4v) is 11.6. The van der Waals surface area contributed by atoms with Crippen LogP contribution in [0.25, 0.3) is 0 Å². The summed E-state index contributed by atoms with van der Waals surface area (Å²) in [5.41, 5.74) is 41.9. The first-order valence-electron chi connectivity index (χ1n) is 30.3. The number of hydrogen-bond donors (Lipinski definition) is 8. The van der Waals surface area contributed by atoms with Crippen LogP contribution in [-0.2, 0) is 142 Å². The maximum atomic E-state index is 14.0. The van der Waals surface area contributed by atoms with Crippen molar-refractivity contribution < 1.29 is 56.4 Å². The third-order valence-electron chi connectivity index (χ3n) is 16.7. The first kappa shape index (κ1) is 63.0. The zero-order valence-corrected chi connectivity index (χ0v) is 50.9. The molecule has 8 bridgehead atoms. The Kier molecular flexibility index (Phi) is 21.8. The lowest BCUT2D eigenvalue weighted by atomic mass is 9.96. The van der Waals surface area contributed by atoms with Gasteiger partial charge in [0.05, 0.1) is 32.6 Å². The predicted molar refractivity (Wildman–Crippen MR) is 324 cm³/mol. The second kappa shape index (κ2) is 30.2. The molecule has 0 saturated carbocycles. The van der Waals surface area contributed by atoms with Gasteiger partial charge in [0.2, 0.25) is 0 Å². The summed E-state index contributed by atoms with van der Waals surface area (Å²) in [4.78, 5) is 70.2. The summed E-state index contributed by atoms with van der Waals surface area (Å²) in [6, 6.07) is 15.5. The molecule has 87 heavy (non-hydrogen) atoms. The van der Waals surface area contributed by atoms with Crippen molar-refractivity contribution in [3.8, 4) is 0 Å². The van der Waals surface area contributed by atoms with E-state index < -0.39 is 0 Å². The lowest BCUT2D eigenvalue weighted by Gasteiger charge is -2.09. The molecular formula is C67H86N12O8+4. The van der Waals surface area contributed by atoms with E-state index in [0.717, 1.165) is 112 Å². The number of nitrogens with one attached hydrogen (secondary N) is 4. The van der Waals surface area contributed by atoms with Crippen LogP contribution < -0.4 is 41.2 Å². The summed E-state index contributed by atoms with van der Waals surface area (Å²) in [6.07, 6.45) is 19.0. The second-order valence-corrected chi connectivity index (χ2v) is 22.7. The summed E-state index contributed by atoms with van der Waals surface area (Å²) < 4.78 is 31.5. The Balaban J connectivity index is 1.04. The van der Waals surface area contributed by atoms with Crippen LogP contribution in [0.2, 0.25) is 0 Å². The van der Waals surface area contributed by atoms with E-state index in [0.29, 0.717) is 97.3 Å². The Labute approximate surface area is 508 Å².